The normalized spacial score (nSPS) is 16.6. The molecule has 1 aliphatic rings. The third kappa shape index (κ3) is 3.24. The number of hydrogen-bond acceptors (Lipinski definition) is 2. The average Bonchev–Trinajstić information content (AvgIpc) is 2.41. The van der Waals surface area contributed by atoms with Crippen molar-refractivity contribution in [1.29, 1.82) is 0 Å². The maximum absolute atomic E-state index is 6.09. The zero-order valence-electron chi connectivity index (χ0n) is 10.5. The van der Waals surface area contributed by atoms with Gasteiger partial charge in [-0.1, -0.05) is 18.0 Å². The second-order valence-electron chi connectivity index (χ2n) is 4.61. The van der Waals surface area contributed by atoms with Gasteiger partial charge in [-0.3, -0.25) is 0 Å². The van der Waals surface area contributed by atoms with Gasteiger partial charge in [0, 0.05) is 16.7 Å². The van der Waals surface area contributed by atoms with Gasteiger partial charge < -0.3 is 9.47 Å². The first-order valence-electron chi connectivity index (χ1n) is 6.33. The highest BCUT2D eigenvalue weighted by Gasteiger charge is 2.19. The highest BCUT2D eigenvalue weighted by atomic mass is 35.5. The molecular weight excluding hydrogens is 271 g/mol. The Bertz CT molecular complexity index is 376. The third-order valence-corrected chi connectivity index (χ3v) is 3.80. The quantitative estimate of drug-likeness (QED) is 0.741. The lowest BCUT2D eigenvalue weighted by molar-refractivity contribution is 0.148. The molecule has 1 aromatic rings. The second-order valence-corrected chi connectivity index (χ2v) is 5.31. The Kier molecular flexibility index (Phi) is 5.02. The maximum atomic E-state index is 6.09. The molecule has 0 saturated heterocycles. The average molecular weight is 289 g/mol. The first-order valence-corrected chi connectivity index (χ1v) is 7.25. The molecule has 4 heteroatoms. The van der Waals surface area contributed by atoms with Gasteiger partial charge in [0.2, 0.25) is 0 Å². The molecule has 0 aromatic heterocycles. The van der Waals surface area contributed by atoms with Gasteiger partial charge in [-0.2, -0.15) is 0 Å². The minimum Gasteiger partial charge on any atom is -0.493 e. The summed E-state index contributed by atoms with van der Waals surface area (Å²) in [5, 5.41) is 0.624. The molecule has 0 bridgehead atoms. The van der Waals surface area contributed by atoms with Crippen LogP contribution in [0.3, 0.4) is 0 Å². The van der Waals surface area contributed by atoms with E-state index in [1.807, 2.05) is 6.07 Å². The molecule has 1 aromatic carbocycles. The minimum atomic E-state index is 0.274. The first kappa shape index (κ1) is 13.8. The molecule has 1 aliphatic carbocycles. The Hall–Kier alpha value is -0.600. The summed E-state index contributed by atoms with van der Waals surface area (Å²) in [5.41, 5.74) is 0.895. The van der Waals surface area contributed by atoms with Gasteiger partial charge >= 0.3 is 0 Å². The molecule has 18 heavy (non-hydrogen) atoms. The fraction of sp³-hybridized carbons (Fsp3) is 0.571. The summed E-state index contributed by atoms with van der Waals surface area (Å²) in [6.45, 7) is 0. The Labute approximate surface area is 118 Å². The lowest BCUT2D eigenvalue weighted by atomic mass is 9.97. The van der Waals surface area contributed by atoms with E-state index >= 15 is 0 Å². The molecule has 0 heterocycles. The molecule has 0 amide bonds. The van der Waals surface area contributed by atoms with Crippen molar-refractivity contribution < 1.29 is 9.47 Å². The number of methoxy groups -OCH3 is 1. The van der Waals surface area contributed by atoms with Crippen LogP contribution in [0.15, 0.2) is 12.1 Å². The molecule has 0 unspecified atom stereocenters. The summed E-state index contributed by atoms with van der Waals surface area (Å²) in [7, 11) is 1.62. The van der Waals surface area contributed by atoms with Crippen LogP contribution in [0.2, 0.25) is 5.02 Å². The summed E-state index contributed by atoms with van der Waals surface area (Å²) in [6.07, 6.45) is 6.25. The van der Waals surface area contributed by atoms with E-state index in [1.165, 1.54) is 19.3 Å². The van der Waals surface area contributed by atoms with Crippen LogP contribution in [0.4, 0.5) is 0 Å². The molecule has 1 saturated carbocycles. The van der Waals surface area contributed by atoms with E-state index in [0.29, 0.717) is 16.7 Å². The van der Waals surface area contributed by atoms with Crippen LogP contribution in [0, 0.1) is 0 Å². The van der Waals surface area contributed by atoms with Crippen molar-refractivity contribution in [2.75, 3.05) is 7.11 Å². The van der Waals surface area contributed by atoms with Gasteiger partial charge in [0.25, 0.3) is 0 Å². The largest absolute Gasteiger partial charge is 0.493 e. The van der Waals surface area contributed by atoms with E-state index in [1.54, 1.807) is 13.2 Å². The Balaban J connectivity index is 2.23. The van der Waals surface area contributed by atoms with Crippen molar-refractivity contribution in [2.24, 2.45) is 0 Å². The lowest BCUT2D eigenvalue weighted by Gasteiger charge is -2.25. The maximum Gasteiger partial charge on any atom is 0.166 e. The van der Waals surface area contributed by atoms with E-state index in [-0.39, 0.29) is 6.10 Å². The van der Waals surface area contributed by atoms with Crippen LogP contribution in [-0.2, 0) is 5.88 Å². The molecule has 2 nitrogen and oxygen atoms in total. The van der Waals surface area contributed by atoms with E-state index in [2.05, 4.69) is 0 Å². The van der Waals surface area contributed by atoms with Crippen LogP contribution in [-0.4, -0.2) is 13.2 Å². The van der Waals surface area contributed by atoms with Crippen molar-refractivity contribution in [3.05, 3.63) is 22.7 Å². The first-order chi connectivity index (χ1) is 8.74. The number of halogens is 2. The molecule has 1 fully saturated rings. The van der Waals surface area contributed by atoms with Crippen LogP contribution in [0.25, 0.3) is 0 Å². The SMILES string of the molecule is COc1cc(Cl)cc(CCl)c1OC1CCCCC1. The molecule has 0 N–H and O–H groups in total. The van der Waals surface area contributed by atoms with Gasteiger partial charge in [0.1, 0.15) is 0 Å². The van der Waals surface area contributed by atoms with Crippen molar-refractivity contribution in [1.82, 2.24) is 0 Å². The highest BCUT2D eigenvalue weighted by Crippen LogP contribution is 2.37. The topological polar surface area (TPSA) is 18.5 Å². The fourth-order valence-electron chi connectivity index (χ4n) is 2.36. The standard InChI is InChI=1S/C14H18Cl2O2/c1-17-13-8-11(16)7-10(9-15)14(13)18-12-5-3-2-4-6-12/h7-8,12H,2-6,9H2,1H3. The molecule has 0 spiro atoms. The lowest BCUT2D eigenvalue weighted by Crippen LogP contribution is -2.20. The predicted octanol–water partition coefficient (Wildman–Crippen LogP) is 4.80. The molecule has 0 aliphatic heterocycles. The summed E-state index contributed by atoms with van der Waals surface area (Å²) in [6, 6.07) is 3.62. The van der Waals surface area contributed by atoms with E-state index < -0.39 is 0 Å². The smallest absolute Gasteiger partial charge is 0.166 e. The number of rotatable bonds is 4. The van der Waals surface area contributed by atoms with Gasteiger partial charge in [0.15, 0.2) is 11.5 Å². The Morgan fingerprint density at radius 1 is 1.22 bits per heavy atom. The Morgan fingerprint density at radius 2 is 1.94 bits per heavy atom. The number of alkyl halides is 1. The van der Waals surface area contributed by atoms with E-state index in [4.69, 9.17) is 32.7 Å². The van der Waals surface area contributed by atoms with E-state index in [9.17, 15) is 0 Å². The monoisotopic (exact) mass is 288 g/mol. The minimum absolute atomic E-state index is 0.274. The third-order valence-electron chi connectivity index (χ3n) is 3.30. The van der Waals surface area contributed by atoms with Gasteiger partial charge in [-0.25, -0.2) is 0 Å². The fourth-order valence-corrected chi connectivity index (χ4v) is 2.79. The van der Waals surface area contributed by atoms with Crippen LogP contribution < -0.4 is 9.47 Å². The van der Waals surface area contributed by atoms with Crippen LogP contribution in [0.5, 0.6) is 11.5 Å². The van der Waals surface area contributed by atoms with Crippen molar-refractivity contribution in [2.45, 2.75) is 44.1 Å². The summed E-state index contributed by atoms with van der Waals surface area (Å²) in [5.74, 6) is 1.80. The van der Waals surface area contributed by atoms with Crippen LogP contribution >= 0.6 is 23.2 Å². The molecule has 0 atom stereocenters. The zero-order chi connectivity index (χ0) is 13.0. The number of benzene rings is 1. The van der Waals surface area contributed by atoms with Gasteiger partial charge in [-0.15, -0.1) is 11.6 Å². The number of hydrogen-bond donors (Lipinski definition) is 0. The molecule has 100 valence electrons. The summed E-state index contributed by atoms with van der Waals surface area (Å²) in [4.78, 5) is 0. The summed E-state index contributed by atoms with van der Waals surface area (Å²) < 4.78 is 11.4. The highest BCUT2D eigenvalue weighted by molar-refractivity contribution is 6.31. The predicted molar refractivity (Wildman–Crippen MR) is 75.1 cm³/mol. The van der Waals surface area contributed by atoms with Crippen molar-refractivity contribution >= 4 is 23.2 Å². The second kappa shape index (κ2) is 6.53. The van der Waals surface area contributed by atoms with Crippen molar-refractivity contribution in [3.8, 4) is 11.5 Å². The van der Waals surface area contributed by atoms with Crippen molar-refractivity contribution in [3.63, 3.8) is 0 Å². The Morgan fingerprint density at radius 3 is 2.56 bits per heavy atom. The number of ether oxygens (including phenoxy) is 2. The summed E-state index contributed by atoms with van der Waals surface area (Å²) >= 11 is 12.0. The van der Waals surface area contributed by atoms with E-state index in [0.717, 1.165) is 24.2 Å². The molecule has 2 rings (SSSR count). The molecule has 0 radical (unpaired) electrons. The molecular formula is C14H18Cl2O2. The van der Waals surface area contributed by atoms with Crippen LogP contribution in [0.1, 0.15) is 37.7 Å². The van der Waals surface area contributed by atoms with Gasteiger partial charge in [-0.05, 0) is 31.7 Å². The zero-order valence-corrected chi connectivity index (χ0v) is 12.1. The van der Waals surface area contributed by atoms with Gasteiger partial charge in [0.05, 0.1) is 19.1 Å².